The molecule has 1 aromatic carbocycles. The van der Waals surface area contributed by atoms with Gasteiger partial charge in [-0.1, -0.05) is 19.1 Å². The summed E-state index contributed by atoms with van der Waals surface area (Å²) >= 11 is 0. The van der Waals surface area contributed by atoms with E-state index in [0.717, 1.165) is 6.26 Å². The first-order chi connectivity index (χ1) is 9.13. The molecule has 0 aromatic heterocycles. The van der Waals surface area contributed by atoms with Gasteiger partial charge in [0.25, 0.3) is 0 Å². The lowest BCUT2D eigenvalue weighted by atomic mass is 10.2. The van der Waals surface area contributed by atoms with E-state index in [1.165, 1.54) is 0 Å². The van der Waals surface area contributed by atoms with Crippen molar-refractivity contribution in [1.82, 2.24) is 0 Å². The molecular formula is C12H20N2O4S2. The van der Waals surface area contributed by atoms with E-state index < -0.39 is 19.9 Å². The molecule has 0 spiro atoms. The minimum Gasteiger partial charge on any atom is -0.380 e. The van der Waals surface area contributed by atoms with Gasteiger partial charge in [-0.05, 0) is 19.1 Å². The molecule has 20 heavy (non-hydrogen) atoms. The standard InChI is InChI=1S/C12H20N2O4S2/c1-4-20(17,18)9-10(2)13-11-7-5-6-8-12(11)14-19(3,15)16/h5-8,10,13-14H,4,9H2,1-3H3. The van der Waals surface area contributed by atoms with Crippen LogP contribution in [-0.4, -0.2) is 40.6 Å². The van der Waals surface area contributed by atoms with Crippen LogP contribution in [0.1, 0.15) is 13.8 Å². The van der Waals surface area contributed by atoms with Crippen molar-refractivity contribution in [3.05, 3.63) is 24.3 Å². The number of anilines is 2. The molecule has 0 bridgehead atoms. The molecule has 1 aromatic rings. The Morgan fingerprint density at radius 3 is 2.15 bits per heavy atom. The highest BCUT2D eigenvalue weighted by atomic mass is 32.2. The number of nitrogens with one attached hydrogen (secondary N) is 2. The van der Waals surface area contributed by atoms with Gasteiger partial charge in [0.05, 0.1) is 23.4 Å². The molecule has 0 saturated heterocycles. The van der Waals surface area contributed by atoms with Crippen molar-refractivity contribution < 1.29 is 16.8 Å². The summed E-state index contributed by atoms with van der Waals surface area (Å²) in [6.07, 6.45) is 1.06. The largest absolute Gasteiger partial charge is 0.380 e. The second-order valence-corrected chi connectivity index (χ2v) is 8.81. The van der Waals surface area contributed by atoms with Gasteiger partial charge in [-0.2, -0.15) is 0 Å². The van der Waals surface area contributed by atoms with Gasteiger partial charge < -0.3 is 5.32 Å². The van der Waals surface area contributed by atoms with Crippen LogP contribution in [0.3, 0.4) is 0 Å². The molecule has 8 heteroatoms. The minimum atomic E-state index is -3.38. The van der Waals surface area contributed by atoms with Crippen molar-refractivity contribution in [2.24, 2.45) is 0 Å². The van der Waals surface area contributed by atoms with Crippen molar-refractivity contribution in [3.8, 4) is 0 Å². The molecular weight excluding hydrogens is 300 g/mol. The first-order valence-electron chi connectivity index (χ1n) is 6.17. The number of sulfone groups is 1. The fourth-order valence-corrected chi connectivity index (χ4v) is 3.36. The van der Waals surface area contributed by atoms with Gasteiger partial charge in [-0.3, -0.25) is 4.72 Å². The molecule has 0 aliphatic rings. The molecule has 1 rings (SSSR count). The van der Waals surface area contributed by atoms with Gasteiger partial charge in [0.2, 0.25) is 10.0 Å². The Labute approximate surface area is 120 Å². The average Bonchev–Trinajstić information content (AvgIpc) is 2.29. The number of hydrogen-bond acceptors (Lipinski definition) is 5. The van der Waals surface area contributed by atoms with Crippen LogP contribution in [0, 0.1) is 0 Å². The van der Waals surface area contributed by atoms with Crippen molar-refractivity contribution in [3.63, 3.8) is 0 Å². The summed E-state index contributed by atoms with van der Waals surface area (Å²) in [5, 5.41) is 3.02. The molecule has 0 aliphatic carbocycles. The SMILES string of the molecule is CCS(=O)(=O)CC(C)Nc1ccccc1NS(C)(=O)=O. The fraction of sp³-hybridized carbons (Fsp3) is 0.500. The van der Waals surface area contributed by atoms with Gasteiger partial charge in [-0.25, -0.2) is 16.8 Å². The van der Waals surface area contributed by atoms with Gasteiger partial charge in [0, 0.05) is 11.8 Å². The lowest BCUT2D eigenvalue weighted by Crippen LogP contribution is -2.27. The summed E-state index contributed by atoms with van der Waals surface area (Å²) in [7, 11) is -6.47. The molecule has 0 heterocycles. The van der Waals surface area contributed by atoms with Crippen LogP contribution in [0.5, 0.6) is 0 Å². The molecule has 0 fully saturated rings. The quantitative estimate of drug-likeness (QED) is 0.790. The van der Waals surface area contributed by atoms with Crippen molar-refractivity contribution in [2.75, 3.05) is 27.8 Å². The van der Waals surface area contributed by atoms with E-state index in [1.807, 2.05) is 0 Å². The van der Waals surface area contributed by atoms with Crippen LogP contribution in [0.15, 0.2) is 24.3 Å². The zero-order valence-corrected chi connectivity index (χ0v) is 13.4. The third-order valence-corrected chi connectivity index (χ3v) is 5.05. The number of para-hydroxylation sites is 2. The Hall–Kier alpha value is -1.28. The summed E-state index contributed by atoms with van der Waals surface area (Å²) in [5.41, 5.74) is 0.951. The first-order valence-corrected chi connectivity index (χ1v) is 9.88. The predicted molar refractivity (Wildman–Crippen MR) is 82.3 cm³/mol. The van der Waals surface area contributed by atoms with Crippen molar-refractivity contribution >= 4 is 31.2 Å². The Morgan fingerprint density at radius 2 is 1.65 bits per heavy atom. The van der Waals surface area contributed by atoms with Crippen LogP contribution in [-0.2, 0) is 19.9 Å². The van der Waals surface area contributed by atoms with Crippen molar-refractivity contribution in [2.45, 2.75) is 19.9 Å². The smallest absolute Gasteiger partial charge is 0.229 e. The maximum absolute atomic E-state index is 11.6. The molecule has 0 radical (unpaired) electrons. The van der Waals surface area contributed by atoms with Crippen LogP contribution in [0.25, 0.3) is 0 Å². The number of sulfonamides is 1. The number of hydrogen-bond donors (Lipinski definition) is 2. The summed E-state index contributed by atoms with van der Waals surface area (Å²) in [4.78, 5) is 0. The molecule has 1 unspecified atom stereocenters. The summed E-state index contributed by atoms with van der Waals surface area (Å²) < 4.78 is 48.1. The van der Waals surface area contributed by atoms with E-state index in [4.69, 9.17) is 0 Å². The topological polar surface area (TPSA) is 92.3 Å². The van der Waals surface area contributed by atoms with Crippen LogP contribution < -0.4 is 10.0 Å². The summed E-state index contributed by atoms with van der Waals surface area (Å²) in [5.74, 6) is 0.0823. The van der Waals surface area contributed by atoms with E-state index in [0.29, 0.717) is 11.4 Å². The summed E-state index contributed by atoms with van der Waals surface area (Å²) in [6.45, 7) is 3.34. The second-order valence-electron chi connectivity index (χ2n) is 4.66. The third-order valence-electron chi connectivity index (χ3n) is 2.57. The van der Waals surface area contributed by atoms with E-state index in [-0.39, 0.29) is 17.5 Å². The Balaban J connectivity index is 2.88. The number of benzene rings is 1. The van der Waals surface area contributed by atoms with Crippen LogP contribution in [0.4, 0.5) is 11.4 Å². The van der Waals surface area contributed by atoms with E-state index in [9.17, 15) is 16.8 Å². The average molecular weight is 320 g/mol. The molecule has 0 amide bonds. The maximum atomic E-state index is 11.6. The van der Waals surface area contributed by atoms with Gasteiger partial charge in [0.1, 0.15) is 0 Å². The first kappa shape index (κ1) is 16.8. The lowest BCUT2D eigenvalue weighted by Gasteiger charge is -2.18. The second kappa shape index (κ2) is 6.45. The highest BCUT2D eigenvalue weighted by Crippen LogP contribution is 2.22. The monoisotopic (exact) mass is 320 g/mol. The third kappa shape index (κ3) is 5.79. The maximum Gasteiger partial charge on any atom is 0.229 e. The van der Waals surface area contributed by atoms with E-state index >= 15 is 0 Å². The summed E-state index contributed by atoms with van der Waals surface area (Å²) in [6, 6.07) is 6.44. The van der Waals surface area contributed by atoms with Crippen LogP contribution in [0.2, 0.25) is 0 Å². The van der Waals surface area contributed by atoms with Gasteiger partial charge >= 0.3 is 0 Å². The molecule has 0 saturated carbocycles. The number of rotatable bonds is 7. The Kier molecular flexibility index (Phi) is 5.41. The Morgan fingerprint density at radius 1 is 1.10 bits per heavy atom. The molecule has 114 valence electrons. The predicted octanol–water partition coefficient (Wildman–Crippen LogP) is 1.29. The fourth-order valence-electron chi connectivity index (χ4n) is 1.70. The minimum absolute atomic E-state index is 0.00326. The van der Waals surface area contributed by atoms with Crippen molar-refractivity contribution in [1.29, 1.82) is 0 Å². The highest BCUT2D eigenvalue weighted by molar-refractivity contribution is 7.92. The van der Waals surface area contributed by atoms with Gasteiger partial charge in [-0.15, -0.1) is 0 Å². The molecule has 2 N–H and O–H groups in total. The van der Waals surface area contributed by atoms with E-state index in [1.54, 1.807) is 38.1 Å². The van der Waals surface area contributed by atoms with Gasteiger partial charge in [0.15, 0.2) is 9.84 Å². The normalized spacial score (nSPS) is 13.8. The van der Waals surface area contributed by atoms with Crippen LogP contribution >= 0.6 is 0 Å². The Bertz CT molecular complexity index is 654. The molecule has 1 atom stereocenters. The van der Waals surface area contributed by atoms with E-state index in [2.05, 4.69) is 10.0 Å². The zero-order chi connectivity index (χ0) is 15.4. The zero-order valence-electron chi connectivity index (χ0n) is 11.8. The lowest BCUT2D eigenvalue weighted by molar-refractivity contribution is 0.593. The highest BCUT2D eigenvalue weighted by Gasteiger charge is 2.15. The molecule has 6 nitrogen and oxygen atoms in total. The molecule has 0 aliphatic heterocycles.